The molecule has 0 atom stereocenters. The van der Waals surface area contributed by atoms with E-state index in [9.17, 15) is 4.79 Å². The van der Waals surface area contributed by atoms with Gasteiger partial charge in [-0.3, -0.25) is 4.79 Å². The van der Waals surface area contributed by atoms with E-state index < -0.39 is 0 Å². The van der Waals surface area contributed by atoms with Crippen LogP contribution >= 0.6 is 11.6 Å². The lowest BCUT2D eigenvalue weighted by molar-refractivity contribution is 0.102. The van der Waals surface area contributed by atoms with E-state index in [0.717, 1.165) is 0 Å². The summed E-state index contributed by atoms with van der Waals surface area (Å²) in [4.78, 5) is 12.3. The van der Waals surface area contributed by atoms with Gasteiger partial charge in [0, 0.05) is 10.7 Å². The zero-order valence-electron chi connectivity index (χ0n) is 11.1. The predicted octanol–water partition coefficient (Wildman–Crippen LogP) is 3.61. The van der Waals surface area contributed by atoms with Crippen LogP contribution in [-0.2, 0) is 0 Å². The maximum atomic E-state index is 12.3. The van der Waals surface area contributed by atoms with Gasteiger partial charge in [-0.25, -0.2) is 0 Å². The summed E-state index contributed by atoms with van der Waals surface area (Å²) >= 11 is 5.88. The summed E-state index contributed by atoms with van der Waals surface area (Å²) in [5, 5.41) is 3.32. The van der Waals surface area contributed by atoms with Crippen LogP contribution in [0.2, 0.25) is 5.02 Å². The highest BCUT2D eigenvalue weighted by Crippen LogP contribution is 2.25. The minimum absolute atomic E-state index is 0.289. The predicted molar refractivity (Wildman–Crippen MR) is 79.0 cm³/mol. The summed E-state index contributed by atoms with van der Waals surface area (Å²) in [6.45, 7) is 0. The molecule has 104 valence electrons. The average Bonchev–Trinajstić information content (AvgIpc) is 2.46. The summed E-state index contributed by atoms with van der Waals surface area (Å²) < 4.78 is 10.3. The van der Waals surface area contributed by atoms with E-state index in [2.05, 4.69) is 5.32 Å². The number of methoxy groups -OCH3 is 2. The maximum absolute atomic E-state index is 12.3. The molecule has 20 heavy (non-hydrogen) atoms. The van der Waals surface area contributed by atoms with E-state index in [-0.39, 0.29) is 5.91 Å². The van der Waals surface area contributed by atoms with Crippen molar-refractivity contribution in [3.8, 4) is 11.5 Å². The normalized spacial score (nSPS) is 9.95. The minimum Gasteiger partial charge on any atom is -0.497 e. The van der Waals surface area contributed by atoms with Crippen molar-refractivity contribution in [2.75, 3.05) is 19.5 Å². The van der Waals surface area contributed by atoms with Crippen LogP contribution < -0.4 is 14.8 Å². The SMILES string of the molecule is COc1ccc(OC)c(C(=O)Nc2cccc(Cl)c2)c1. The standard InChI is InChI=1S/C15H14ClNO3/c1-19-12-6-7-14(20-2)13(9-12)15(18)17-11-5-3-4-10(16)8-11/h3-9H,1-2H3,(H,17,18). The van der Waals surface area contributed by atoms with Gasteiger partial charge in [0.05, 0.1) is 19.8 Å². The molecule has 1 N–H and O–H groups in total. The zero-order chi connectivity index (χ0) is 14.5. The van der Waals surface area contributed by atoms with E-state index in [1.54, 1.807) is 49.6 Å². The Hall–Kier alpha value is -2.20. The number of nitrogens with one attached hydrogen (secondary N) is 1. The second kappa shape index (κ2) is 6.30. The number of hydrogen-bond acceptors (Lipinski definition) is 3. The van der Waals surface area contributed by atoms with Gasteiger partial charge in [0.2, 0.25) is 0 Å². The third kappa shape index (κ3) is 3.22. The van der Waals surface area contributed by atoms with Crippen LogP contribution in [0.5, 0.6) is 11.5 Å². The highest BCUT2D eigenvalue weighted by atomic mass is 35.5. The Morgan fingerprint density at radius 1 is 1.10 bits per heavy atom. The molecule has 2 aromatic rings. The van der Waals surface area contributed by atoms with Crippen LogP contribution in [0.4, 0.5) is 5.69 Å². The molecule has 5 heteroatoms. The van der Waals surface area contributed by atoms with Crippen molar-refractivity contribution < 1.29 is 14.3 Å². The summed E-state index contributed by atoms with van der Waals surface area (Å²) in [7, 11) is 3.05. The Morgan fingerprint density at radius 2 is 1.90 bits per heavy atom. The lowest BCUT2D eigenvalue weighted by atomic mass is 10.1. The maximum Gasteiger partial charge on any atom is 0.259 e. The van der Waals surface area contributed by atoms with Crippen molar-refractivity contribution >= 4 is 23.2 Å². The largest absolute Gasteiger partial charge is 0.497 e. The zero-order valence-corrected chi connectivity index (χ0v) is 11.9. The van der Waals surface area contributed by atoms with Crippen LogP contribution in [0, 0.1) is 0 Å². The number of hydrogen-bond donors (Lipinski definition) is 1. The molecular formula is C15H14ClNO3. The molecule has 0 aliphatic heterocycles. The van der Waals surface area contributed by atoms with Gasteiger partial charge in [-0.15, -0.1) is 0 Å². The Balaban J connectivity index is 2.28. The molecule has 0 radical (unpaired) electrons. The summed E-state index contributed by atoms with van der Waals surface area (Å²) in [6, 6.07) is 12.0. The van der Waals surface area contributed by atoms with Crippen molar-refractivity contribution in [3.63, 3.8) is 0 Å². The van der Waals surface area contributed by atoms with Gasteiger partial charge in [0.15, 0.2) is 0 Å². The molecular weight excluding hydrogens is 278 g/mol. The quantitative estimate of drug-likeness (QED) is 0.936. The molecule has 0 fully saturated rings. The Labute approximate surface area is 122 Å². The molecule has 2 rings (SSSR count). The van der Waals surface area contributed by atoms with Crippen molar-refractivity contribution in [3.05, 3.63) is 53.1 Å². The molecule has 0 unspecified atom stereocenters. The van der Waals surface area contributed by atoms with E-state index in [1.807, 2.05) is 0 Å². The number of carbonyl (C=O) groups is 1. The second-order valence-corrected chi connectivity index (χ2v) is 4.47. The van der Waals surface area contributed by atoms with Gasteiger partial charge in [0.25, 0.3) is 5.91 Å². The van der Waals surface area contributed by atoms with Crippen molar-refractivity contribution in [2.24, 2.45) is 0 Å². The smallest absolute Gasteiger partial charge is 0.259 e. The fraction of sp³-hybridized carbons (Fsp3) is 0.133. The second-order valence-electron chi connectivity index (χ2n) is 4.03. The number of carbonyl (C=O) groups excluding carboxylic acids is 1. The summed E-state index contributed by atoms with van der Waals surface area (Å²) in [5.74, 6) is 0.774. The Bertz CT molecular complexity index is 628. The van der Waals surface area contributed by atoms with Gasteiger partial charge in [-0.05, 0) is 36.4 Å². The fourth-order valence-electron chi connectivity index (χ4n) is 1.76. The van der Waals surface area contributed by atoms with E-state index in [4.69, 9.17) is 21.1 Å². The lowest BCUT2D eigenvalue weighted by Crippen LogP contribution is -2.13. The van der Waals surface area contributed by atoms with Crippen LogP contribution in [0.15, 0.2) is 42.5 Å². The highest BCUT2D eigenvalue weighted by molar-refractivity contribution is 6.31. The van der Waals surface area contributed by atoms with Crippen LogP contribution in [0.25, 0.3) is 0 Å². The monoisotopic (exact) mass is 291 g/mol. The Kier molecular flexibility index (Phi) is 4.48. The van der Waals surface area contributed by atoms with Crippen LogP contribution in [0.1, 0.15) is 10.4 Å². The van der Waals surface area contributed by atoms with Crippen LogP contribution in [0.3, 0.4) is 0 Å². The molecule has 0 heterocycles. The number of amides is 1. The molecule has 2 aromatic carbocycles. The third-order valence-corrected chi connectivity index (χ3v) is 2.97. The molecule has 1 amide bonds. The third-order valence-electron chi connectivity index (χ3n) is 2.73. The van der Waals surface area contributed by atoms with Gasteiger partial charge in [0.1, 0.15) is 11.5 Å². The first-order valence-corrected chi connectivity index (χ1v) is 6.31. The molecule has 4 nitrogen and oxygen atoms in total. The van der Waals surface area contributed by atoms with Gasteiger partial charge >= 0.3 is 0 Å². The van der Waals surface area contributed by atoms with E-state index >= 15 is 0 Å². The lowest BCUT2D eigenvalue weighted by Gasteiger charge is -2.11. The topological polar surface area (TPSA) is 47.6 Å². The van der Waals surface area contributed by atoms with Gasteiger partial charge in [-0.1, -0.05) is 17.7 Å². The van der Waals surface area contributed by atoms with Crippen molar-refractivity contribution in [1.82, 2.24) is 0 Å². The average molecular weight is 292 g/mol. The number of ether oxygens (including phenoxy) is 2. The van der Waals surface area contributed by atoms with Crippen molar-refractivity contribution in [1.29, 1.82) is 0 Å². The first-order chi connectivity index (χ1) is 9.63. The van der Waals surface area contributed by atoms with E-state index in [1.165, 1.54) is 7.11 Å². The fourth-order valence-corrected chi connectivity index (χ4v) is 1.95. The molecule has 0 spiro atoms. The molecule has 0 saturated heterocycles. The highest BCUT2D eigenvalue weighted by Gasteiger charge is 2.14. The minimum atomic E-state index is -0.289. The molecule has 0 aliphatic carbocycles. The molecule has 0 bridgehead atoms. The van der Waals surface area contributed by atoms with Gasteiger partial charge in [-0.2, -0.15) is 0 Å². The number of rotatable bonds is 4. The first kappa shape index (κ1) is 14.2. The number of benzene rings is 2. The molecule has 0 saturated carbocycles. The summed E-state index contributed by atoms with van der Waals surface area (Å²) in [6.07, 6.45) is 0. The first-order valence-electron chi connectivity index (χ1n) is 5.93. The Morgan fingerprint density at radius 3 is 2.55 bits per heavy atom. The number of halogens is 1. The number of anilines is 1. The molecule has 0 aromatic heterocycles. The van der Waals surface area contributed by atoms with Crippen LogP contribution in [-0.4, -0.2) is 20.1 Å². The molecule has 0 aliphatic rings. The van der Waals surface area contributed by atoms with Crippen molar-refractivity contribution in [2.45, 2.75) is 0 Å². The van der Waals surface area contributed by atoms with E-state index in [0.29, 0.717) is 27.8 Å². The van der Waals surface area contributed by atoms with Gasteiger partial charge < -0.3 is 14.8 Å². The summed E-state index contributed by atoms with van der Waals surface area (Å²) in [5.41, 5.74) is 1.01.